The third-order valence-electron chi connectivity index (χ3n) is 3.55. The van der Waals surface area contributed by atoms with E-state index in [2.05, 4.69) is 15.0 Å². The fraction of sp³-hybridized carbons (Fsp3) is 0.500. The number of aromatic nitrogens is 1. The zero-order valence-electron chi connectivity index (χ0n) is 12.1. The molecular formula is C14H18ClN3O3. The first-order valence-electron chi connectivity index (χ1n) is 6.77. The van der Waals surface area contributed by atoms with Crippen LogP contribution in [0.1, 0.15) is 30.1 Å². The Bertz CT molecular complexity index is 542. The average Bonchev–Trinajstić information content (AvgIpc) is 2.49. The molecule has 21 heavy (non-hydrogen) atoms. The Morgan fingerprint density at radius 2 is 2.10 bits per heavy atom. The van der Waals surface area contributed by atoms with Gasteiger partial charge in [0.1, 0.15) is 5.82 Å². The summed E-state index contributed by atoms with van der Waals surface area (Å²) in [5.74, 6) is 0.198. The summed E-state index contributed by atoms with van der Waals surface area (Å²) >= 11 is 5.93. The Balaban J connectivity index is 2.01. The third-order valence-corrected chi connectivity index (χ3v) is 3.85. The van der Waals surface area contributed by atoms with Crippen LogP contribution in [0.4, 0.5) is 5.82 Å². The Morgan fingerprint density at radius 1 is 1.43 bits per heavy atom. The summed E-state index contributed by atoms with van der Waals surface area (Å²) in [6.45, 7) is 3.03. The van der Waals surface area contributed by atoms with Crippen LogP contribution < -0.4 is 5.32 Å². The van der Waals surface area contributed by atoms with Gasteiger partial charge >= 0.3 is 5.97 Å². The van der Waals surface area contributed by atoms with Crippen molar-refractivity contribution in [2.45, 2.75) is 25.8 Å². The molecule has 2 heterocycles. The van der Waals surface area contributed by atoms with Gasteiger partial charge in [0.25, 0.3) is 0 Å². The lowest BCUT2D eigenvalue weighted by Crippen LogP contribution is -2.41. The van der Waals surface area contributed by atoms with Crippen LogP contribution in [0.3, 0.4) is 0 Å². The molecule has 1 saturated heterocycles. The van der Waals surface area contributed by atoms with Gasteiger partial charge in [0.05, 0.1) is 17.7 Å². The van der Waals surface area contributed by atoms with Gasteiger partial charge in [0, 0.05) is 32.3 Å². The molecule has 1 N–H and O–H groups in total. The number of nitrogens with one attached hydrogen (secondary N) is 1. The molecule has 0 saturated carbocycles. The van der Waals surface area contributed by atoms with E-state index in [0.717, 1.165) is 25.9 Å². The second-order valence-corrected chi connectivity index (χ2v) is 5.37. The van der Waals surface area contributed by atoms with Crippen molar-refractivity contribution in [2.75, 3.05) is 25.5 Å². The minimum Gasteiger partial charge on any atom is -0.465 e. The van der Waals surface area contributed by atoms with E-state index in [4.69, 9.17) is 11.6 Å². The van der Waals surface area contributed by atoms with Crippen molar-refractivity contribution in [1.29, 1.82) is 0 Å². The molecule has 0 spiro atoms. The van der Waals surface area contributed by atoms with E-state index in [0.29, 0.717) is 5.82 Å². The van der Waals surface area contributed by atoms with E-state index in [9.17, 15) is 9.59 Å². The summed E-state index contributed by atoms with van der Waals surface area (Å²) < 4.78 is 4.68. The maximum absolute atomic E-state index is 11.6. The SMILES string of the molecule is COC(=O)c1cc(NC2CCN(C(C)=O)CC2)ncc1Cl. The highest BCUT2D eigenvalue weighted by Gasteiger charge is 2.21. The lowest BCUT2D eigenvalue weighted by molar-refractivity contribution is -0.129. The number of amides is 1. The number of anilines is 1. The number of esters is 1. The highest BCUT2D eigenvalue weighted by Crippen LogP contribution is 2.21. The number of nitrogens with zero attached hydrogens (tertiary/aromatic N) is 2. The van der Waals surface area contributed by atoms with Crippen LogP contribution in [0.25, 0.3) is 0 Å². The first-order valence-corrected chi connectivity index (χ1v) is 7.15. The predicted molar refractivity (Wildman–Crippen MR) is 79.5 cm³/mol. The Hall–Kier alpha value is -1.82. The lowest BCUT2D eigenvalue weighted by atomic mass is 10.0. The smallest absolute Gasteiger partial charge is 0.339 e. The molecular weight excluding hydrogens is 294 g/mol. The average molecular weight is 312 g/mol. The molecule has 1 fully saturated rings. The summed E-state index contributed by atoms with van der Waals surface area (Å²) in [6.07, 6.45) is 3.12. The molecule has 0 bridgehead atoms. The Morgan fingerprint density at radius 3 is 2.67 bits per heavy atom. The summed E-state index contributed by atoms with van der Waals surface area (Å²) in [5.41, 5.74) is 0.290. The number of pyridine rings is 1. The topological polar surface area (TPSA) is 71.5 Å². The highest BCUT2D eigenvalue weighted by molar-refractivity contribution is 6.33. The number of methoxy groups -OCH3 is 1. The normalized spacial score (nSPS) is 15.7. The standard InChI is InChI=1S/C14H18ClN3O3/c1-9(19)18-5-3-10(4-6-18)17-13-7-11(14(20)21-2)12(15)8-16-13/h7-8,10H,3-6H2,1-2H3,(H,16,17). The van der Waals surface area contributed by atoms with Crippen LogP contribution in [-0.2, 0) is 9.53 Å². The van der Waals surface area contributed by atoms with Gasteiger partial charge in [0.2, 0.25) is 5.91 Å². The summed E-state index contributed by atoms with van der Waals surface area (Å²) in [6, 6.07) is 1.81. The number of rotatable bonds is 3. The van der Waals surface area contributed by atoms with Crippen molar-refractivity contribution < 1.29 is 14.3 Å². The Labute approximate surface area is 128 Å². The Kier molecular flexibility index (Phi) is 5.01. The van der Waals surface area contributed by atoms with Gasteiger partial charge in [-0.2, -0.15) is 0 Å². The van der Waals surface area contributed by atoms with Gasteiger partial charge in [-0.05, 0) is 18.9 Å². The molecule has 1 aromatic rings. The quantitative estimate of drug-likeness (QED) is 0.864. The molecule has 0 radical (unpaired) electrons. The number of likely N-dealkylation sites (tertiary alicyclic amines) is 1. The second kappa shape index (κ2) is 6.76. The number of carbonyl (C=O) groups excluding carboxylic acids is 2. The zero-order valence-corrected chi connectivity index (χ0v) is 12.8. The largest absolute Gasteiger partial charge is 0.465 e. The van der Waals surface area contributed by atoms with Gasteiger partial charge in [-0.3, -0.25) is 4.79 Å². The summed E-state index contributed by atoms with van der Waals surface area (Å²) in [7, 11) is 1.31. The molecule has 0 unspecified atom stereocenters. The zero-order chi connectivity index (χ0) is 15.4. The number of halogens is 1. The summed E-state index contributed by atoms with van der Waals surface area (Å²) in [4.78, 5) is 28.9. The number of ether oxygens (including phenoxy) is 1. The second-order valence-electron chi connectivity index (χ2n) is 4.97. The maximum atomic E-state index is 11.6. The monoisotopic (exact) mass is 311 g/mol. The van der Waals surface area contributed by atoms with Crippen LogP contribution in [0.15, 0.2) is 12.3 Å². The van der Waals surface area contributed by atoms with E-state index in [1.165, 1.54) is 13.3 Å². The van der Waals surface area contributed by atoms with E-state index in [1.54, 1.807) is 13.0 Å². The first-order chi connectivity index (χ1) is 10.0. The van der Waals surface area contributed by atoms with Gasteiger partial charge in [-0.1, -0.05) is 11.6 Å². The van der Waals surface area contributed by atoms with Crippen molar-refractivity contribution in [3.05, 3.63) is 22.8 Å². The van der Waals surface area contributed by atoms with E-state index < -0.39 is 5.97 Å². The van der Waals surface area contributed by atoms with E-state index in [1.807, 2.05) is 4.90 Å². The number of hydrogen-bond donors (Lipinski definition) is 1. The number of hydrogen-bond acceptors (Lipinski definition) is 5. The van der Waals surface area contributed by atoms with E-state index in [-0.39, 0.29) is 22.5 Å². The molecule has 7 heteroatoms. The van der Waals surface area contributed by atoms with Gasteiger partial charge in [-0.25, -0.2) is 9.78 Å². The minimum absolute atomic E-state index is 0.103. The van der Waals surface area contributed by atoms with Crippen molar-refractivity contribution in [1.82, 2.24) is 9.88 Å². The van der Waals surface area contributed by atoms with Crippen molar-refractivity contribution in [2.24, 2.45) is 0 Å². The van der Waals surface area contributed by atoms with Crippen molar-refractivity contribution >= 4 is 29.3 Å². The molecule has 0 aliphatic carbocycles. The number of carbonyl (C=O) groups is 2. The van der Waals surface area contributed by atoms with Crippen LogP contribution in [-0.4, -0.2) is 48.0 Å². The van der Waals surface area contributed by atoms with Crippen LogP contribution in [0.5, 0.6) is 0 Å². The first kappa shape index (κ1) is 15.6. The molecule has 1 amide bonds. The summed E-state index contributed by atoms with van der Waals surface area (Å²) in [5, 5.41) is 3.53. The van der Waals surface area contributed by atoms with Crippen LogP contribution in [0.2, 0.25) is 5.02 Å². The minimum atomic E-state index is -0.489. The van der Waals surface area contributed by atoms with Crippen molar-refractivity contribution in [3.63, 3.8) is 0 Å². The maximum Gasteiger partial charge on any atom is 0.339 e. The van der Waals surface area contributed by atoms with Crippen LogP contribution in [0, 0.1) is 0 Å². The van der Waals surface area contributed by atoms with Crippen LogP contribution >= 0.6 is 11.6 Å². The predicted octanol–water partition coefficient (Wildman–Crippen LogP) is 1.94. The van der Waals surface area contributed by atoms with E-state index >= 15 is 0 Å². The molecule has 0 atom stereocenters. The number of piperidine rings is 1. The molecule has 2 rings (SSSR count). The molecule has 1 aromatic heterocycles. The third kappa shape index (κ3) is 3.85. The molecule has 1 aliphatic rings. The van der Waals surface area contributed by atoms with Gasteiger partial charge < -0.3 is 15.0 Å². The van der Waals surface area contributed by atoms with Gasteiger partial charge in [0.15, 0.2) is 0 Å². The lowest BCUT2D eigenvalue weighted by Gasteiger charge is -2.32. The fourth-order valence-corrected chi connectivity index (χ4v) is 2.51. The molecule has 1 aliphatic heterocycles. The molecule has 114 valence electrons. The fourth-order valence-electron chi connectivity index (χ4n) is 2.33. The van der Waals surface area contributed by atoms with Gasteiger partial charge in [-0.15, -0.1) is 0 Å². The highest BCUT2D eigenvalue weighted by atomic mass is 35.5. The van der Waals surface area contributed by atoms with Crippen molar-refractivity contribution in [3.8, 4) is 0 Å². The molecule has 6 nitrogen and oxygen atoms in total. The molecule has 0 aromatic carbocycles.